The number of nitrogens with zero attached hydrogens (tertiary/aromatic N) is 4. The Bertz CT molecular complexity index is 3130. The molecule has 0 bridgehead atoms. The van der Waals surface area contributed by atoms with E-state index in [2.05, 4.69) is 191 Å². The van der Waals surface area contributed by atoms with Crippen LogP contribution in [-0.2, 0) is 0 Å². The lowest BCUT2D eigenvalue weighted by atomic mass is 9.99. The van der Waals surface area contributed by atoms with Crippen molar-refractivity contribution in [3.8, 4) is 17.2 Å². The molecule has 0 radical (unpaired) electrons. The maximum Gasteiger partial charge on any atom is 0.235 e. The SMILES string of the molecule is c1ccc(-c2nc(-n3c4cc(N(c5ccccc5)c5ccccc5)ccc4c4c5ccccc5c5c6ccccc6sc5c43)nc3ccccc23)cc1. The smallest absolute Gasteiger partial charge is 0.235 e. The number of anilines is 3. The topological polar surface area (TPSA) is 34.0 Å². The summed E-state index contributed by atoms with van der Waals surface area (Å²) in [4.78, 5) is 13.2. The van der Waals surface area contributed by atoms with Crippen molar-refractivity contribution in [2.75, 3.05) is 4.90 Å². The van der Waals surface area contributed by atoms with E-state index in [0.29, 0.717) is 5.95 Å². The van der Waals surface area contributed by atoms with Crippen molar-refractivity contribution in [3.05, 3.63) is 182 Å². The lowest BCUT2D eigenvalue weighted by Crippen LogP contribution is -2.10. The predicted molar refractivity (Wildman–Crippen MR) is 224 cm³/mol. The number of hydrogen-bond donors (Lipinski definition) is 0. The molecule has 0 aliphatic heterocycles. The fourth-order valence-electron chi connectivity index (χ4n) is 8.09. The van der Waals surface area contributed by atoms with E-state index in [-0.39, 0.29) is 0 Å². The van der Waals surface area contributed by atoms with Gasteiger partial charge in [0.15, 0.2) is 0 Å². The molecule has 0 aliphatic rings. The summed E-state index contributed by atoms with van der Waals surface area (Å²) in [7, 11) is 0. The number of aromatic nitrogens is 3. The van der Waals surface area contributed by atoms with Crippen LogP contribution in [0.4, 0.5) is 17.1 Å². The molecule has 0 saturated carbocycles. The molecule has 11 aromatic rings. The monoisotopic (exact) mass is 694 g/mol. The van der Waals surface area contributed by atoms with E-state index in [1.807, 2.05) is 11.3 Å². The first-order valence-corrected chi connectivity index (χ1v) is 18.7. The van der Waals surface area contributed by atoms with Crippen LogP contribution in [0, 0.1) is 0 Å². The molecule has 0 saturated heterocycles. The van der Waals surface area contributed by atoms with Crippen LogP contribution in [-0.4, -0.2) is 14.5 Å². The number of fused-ring (bicyclic) bond motifs is 11. The molecule has 5 heteroatoms. The number of rotatable bonds is 5. The van der Waals surface area contributed by atoms with Gasteiger partial charge in [-0.2, -0.15) is 0 Å². The summed E-state index contributed by atoms with van der Waals surface area (Å²) in [6.07, 6.45) is 0. The molecule has 4 nitrogen and oxygen atoms in total. The fraction of sp³-hybridized carbons (Fsp3) is 0. The van der Waals surface area contributed by atoms with Crippen molar-refractivity contribution in [2.45, 2.75) is 0 Å². The lowest BCUT2D eigenvalue weighted by molar-refractivity contribution is 1.02. The van der Waals surface area contributed by atoms with Crippen LogP contribution in [0.3, 0.4) is 0 Å². The number of para-hydroxylation sites is 3. The molecule has 0 aliphatic carbocycles. The molecule has 0 fully saturated rings. The number of thiophene rings is 1. The molecule has 53 heavy (non-hydrogen) atoms. The molecule has 3 heterocycles. The molecule has 0 spiro atoms. The molecule has 8 aromatic carbocycles. The minimum atomic E-state index is 0.653. The Balaban J connectivity index is 1.33. The maximum absolute atomic E-state index is 5.49. The molecule has 0 atom stereocenters. The molecule has 0 unspecified atom stereocenters. The second-order valence-electron chi connectivity index (χ2n) is 13.4. The normalized spacial score (nSPS) is 11.8. The third kappa shape index (κ3) is 4.61. The first kappa shape index (κ1) is 29.9. The van der Waals surface area contributed by atoms with Crippen LogP contribution < -0.4 is 4.90 Å². The quantitative estimate of drug-likeness (QED) is 0.180. The van der Waals surface area contributed by atoms with Crippen LogP contribution in [0.15, 0.2) is 182 Å². The molecule has 248 valence electrons. The summed E-state index contributed by atoms with van der Waals surface area (Å²) in [6, 6.07) is 64.6. The molecule has 0 amide bonds. The highest BCUT2D eigenvalue weighted by atomic mass is 32.1. The lowest BCUT2D eigenvalue weighted by Gasteiger charge is -2.25. The average Bonchev–Trinajstić information content (AvgIpc) is 3.78. The summed E-state index contributed by atoms with van der Waals surface area (Å²) < 4.78 is 4.84. The van der Waals surface area contributed by atoms with Gasteiger partial charge in [0.05, 0.1) is 26.9 Å². The Morgan fingerprint density at radius 2 is 1.04 bits per heavy atom. The molecule has 11 rings (SSSR count). The van der Waals surface area contributed by atoms with Crippen LogP contribution in [0.2, 0.25) is 0 Å². The van der Waals surface area contributed by atoms with Gasteiger partial charge in [0, 0.05) is 54.3 Å². The van der Waals surface area contributed by atoms with Crippen molar-refractivity contribution in [3.63, 3.8) is 0 Å². The Morgan fingerprint density at radius 1 is 0.453 bits per heavy atom. The van der Waals surface area contributed by atoms with E-state index < -0.39 is 0 Å². The predicted octanol–water partition coefficient (Wildman–Crippen LogP) is 13.4. The summed E-state index contributed by atoms with van der Waals surface area (Å²) in [5.41, 5.74) is 8.31. The zero-order valence-electron chi connectivity index (χ0n) is 28.5. The largest absolute Gasteiger partial charge is 0.310 e. The zero-order valence-corrected chi connectivity index (χ0v) is 29.3. The first-order chi connectivity index (χ1) is 26.3. The van der Waals surface area contributed by atoms with Gasteiger partial charge < -0.3 is 4.90 Å². The van der Waals surface area contributed by atoms with E-state index in [1.165, 1.54) is 41.7 Å². The molecule has 0 N–H and O–H groups in total. The minimum absolute atomic E-state index is 0.653. The van der Waals surface area contributed by atoms with Gasteiger partial charge in [-0.15, -0.1) is 11.3 Å². The zero-order chi connectivity index (χ0) is 34.9. The molecule has 3 aromatic heterocycles. The van der Waals surface area contributed by atoms with Gasteiger partial charge in [-0.05, 0) is 59.3 Å². The average molecular weight is 695 g/mol. The third-order valence-corrected chi connectivity index (χ3v) is 11.5. The minimum Gasteiger partial charge on any atom is -0.310 e. The standard InChI is InChI=1S/C48H30N4S/c1-4-16-31(17-5-1)45-37-24-12-14-26-40(37)49-48(50-45)52-41-30-34(51(32-18-6-2-7-19-32)33-20-8-3-9-21-33)28-29-38(41)43-35-22-10-11-23-36(35)44-39-25-13-15-27-42(39)53-47(44)46(43)52/h1-30H. The van der Waals surface area contributed by atoms with E-state index in [9.17, 15) is 0 Å². The first-order valence-electron chi connectivity index (χ1n) is 17.8. The second-order valence-corrected chi connectivity index (χ2v) is 14.4. The van der Waals surface area contributed by atoms with Gasteiger partial charge in [0.2, 0.25) is 5.95 Å². The molecular formula is C48H30N4S. The van der Waals surface area contributed by atoms with E-state index in [4.69, 9.17) is 9.97 Å². The summed E-state index contributed by atoms with van der Waals surface area (Å²) in [5.74, 6) is 0.653. The van der Waals surface area contributed by atoms with E-state index >= 15 is 0 Å². The van der Waals surface area contributed by atoms with Crippen molar-refractivity contribution in [2.24, 2.45) is 0 Å². The van der Waals surface area contributed by atoms with Crippen LogP contribution in [0.25, 0.3) is 80.9 Å². The Hall–Kier alpha value is -6.82. The highest BCUT2D eigenvalue weighted by Gasteiger charge is 2.25. The highest BCUT2D eigenvalue weighted by Crippen LogP contribution is 2.49. The van der Waals surface area contributed by atoms with Gasteiger partial charge in [0.25, 0.3) is 0 Å². The van der Waals surface area contributed by atoms with Crippen molar-refractivity contribution in [1.82, 2.24) is 14.5 Å². The van der Waals surface area contributed by atoms with Crippen molar-refractivity contribution in [1.29, 1.82) is 0 Å². The van der Waals surface area contributed by atoms with Gasteiger partial charge >= 0.3 is 0 Å². The molecular weight excluding hydrogens is 665 g/mol. The Morgan fingerprint density at radius 3 is 1.75 bits per heavy atom. The number of benzene rings is 8. The summed E-state index contributed by atoms with van der Waals surface area (Å²) in [6.45, 7) is 0. The van der Waals surface area contributed by atoms with Crippen LogP contribution in [0.1, 0.15) is 0 Å². The second kappa shape index (κ2) is 11.9. The van der Waals surface area contributed by atoms with Gasteiger partial charge in [-0.3, -0.25) is 4.57 Å². The van der Waals surface area contributed by atoms with Crippen LogP contribution >= 0.6 is 11.3 Å². The highest BCUT2D eigenvalue weighted by molar-refractivity contribution is 7.27. The van der Waals surface area contributed by atoms with Gasteiger partial charge in [-0.1, -0.05) is 133 Å². The summed E-state index contributed by atoms with van der Waals surface area (Å²) >= 11 is 1.85. The fourth-order valence-corrected chi connectivity index (χ4v) is 9.35. The van der Waals surface area contributed by atoms with Crippen molar-refractivity contribution >= 4 is 92.1 Å². The number of hydrogen-bond acceptors (Lipinski definition) is 4. The van der Waals surface area contributed by atoms with Crippen LogP contribution in [0.5, 0.6) is 0 Å². The van der Waals surface area contributed by atoms with Crippen molar-refractivity contribution < 1.29 is 0 Å². The van der Waals surface area contributed by atoms with E-state index in [0.717, 1.165) is 50.3 Å². The van der Waals surface area contributed by atoms with Gasteiger partial charge in [0.1, 0.15) is 0 Å². The Kier molecular flexibility index (Phi) is 6.69. The third-order valence-electron chi connectivity index (χ3n) is 10.4. The summed E-state index contributed by atoms with van der Waals surface area (Å²) in [5, 5.41) is 8.44. The maximum atomic E-state index is 5.49. The van der Waals surface area contributed by atoms with E-state index in [1.54, 1.807) is 0 Å². The van der Waals surface area contributed by atoms with Gasteiger partial charge in [-0.25, -0.2) is 9.97 Å². The Labute approximate surface area is 309 Å².